The van der Waals surface area contributed by atoms with E-state index in [4.69, 9.17) is 9.84 Å². The van der Waals surface area contributed by atoms with Crippen LogP contribution >= 0.6 is 0 Å². The van der Waals surface area contributed by atoms with Gasteiger partial charge in [0.25, 0.3) is 0 Å². The normalized spacial score (nSPS) is 12.4. The molecule has 1 unspecified atom stereocenters. The molecule has 0 aromatic carbocycles. The van der Waals surface area contributed by atoms with Gasteiger partial charge < -0.3 is 9.84 Å². The van der Waals surface area contributed by atoms with Crippen molar-refractivity contribution in [1.82, 2.24) is 0 Å². The Kier molecular flexibility index (Phi) is 10.6. The number of nitrogens with zero attached hydrogens (tertiary/aromatic N) is 1. The van der Waals surface area contributed by atoms with E-state index >= 15 is 0 Å². The van der Waals surface area contributed by atoms with Crippen LogP contribution in [0.3, 0.4) is 0 Å². The number of hydrogen-bond donors (Lipinski definition) is 1. The second kappa shape index (κ2) is 9.54. The third kappa shape index (κ3) is 8.61. The molecule has 98 valence electrons. The van der Waals surface area contributed by atoms with Crippen LogP contribution in [0.5, 0.6) is 0 Å². The molecule has 0 saturated heterocycles. The van der Waals surface area contributed by atoms with E-state index in [2.05, 4.69) is 0 Å². The summed E-state index contributed by atoms with van der Waals surface area (Å²) in [4.78, 5) is 11.1. The van der Waals surface area contributed by atoms with Gasteiger partial charge in [0.2, 0.25) is 6.80 Å². The van der Waals surface area contributed by atoms with Crippen LogP contribution < -0.4 is 0 Å². The predicted molar refractivity (Wildman–Crippen MR) is 61.5 cm³/mol. The van der Waals surface area contributed by atoms with Crippen LogP contribution in [0.2, 0.25) is 0 Å². The maximum Gasteiger partial charge on any atom is 0.311 e. The Morgan fingerprint density at radius 2 is 1.94 bits per heavy atom. The molecule has 0 aliphatic carbocycles. The van der Waals surface area contributed by atoms with Gasteiger partial charge in [-0.25, -0.2) is 0 Å². The number of alkyl halides is 1. The molecule has 0 bridgehead atoms. The van der Waals surface area contributed by atoms with E-state index in [0.717, 1.165) is 0 Å². The maximum absolute atomic E-state index is 12.3. The number of rotatable bonds is 6. The van der Waals surface area contributed by atoms with Crippen molar-refractivity contribution in [3.63, 3.8) is 0 Å². The standard InChI is InChI=1S/C9H19FNO3.C2H6/c1-8(6-12)9(13)14-5-4-11(2,3)7-10;1-2/h8,12H,4-7H2,1-3H3;1-2H3/q+1;. The molecule has 5 heteroatoms. The largest absolute Gasteiger partial charge is 0.459 e. The summed E-state index contributed by atoms with van der Waals surface area (Å²) in [5, 5.41) is 8.65. The highest BCUT2D eigenvalue weighted by Crippen LogP contribution is 2.00. The number of quaternary nitrogens is 1. The van der Waals surface area contributed by atoms with Crippen LogP contribution in [0.25, 0.3) is 0 Å². The molecule has 1 N–H and O–H groups in total. The molecule has 4 nitrogen and oxygen atoms in total. The van der Waals surface area contributed by atoms with Gasteiger partial charge in [0.05, 0.1) is 26.6 Å². The molecule has 0 rings (SSSR count). The van der Waals surface area contributed by atoms with Crippen molar-refractivity contribution in [2.24, 2.45) is 5.92 Å². The first-order valence-corrected chi connectivity index (χ1v) is 5.58. The van der Waals surface area contributed by atoms with Gasteiger partial charge in [-0.1, -0.05) is 13.8 Å². The Morgan fingerprint density at radius 3 is 2.31 bits per heavy atom. The topological polar surface area (TPSA) is 46.5 Å². The van der Waals surface area contributed by atoms with Crippen LogP contribution in [0.4, 0.5) is 4.39 Å². The molecule has 0 aliphatic rings. The lowest BCUT2D eigenvalue weighted by atomic mass is 10.2. The van der Waals surface area contributed by atoms with Crippen LogP contribution in [0.1, 0.15) is 20.8 Å². The zero-order valence-corrected chi connectivity index (χ0v) is 11.0. The molecule has 16 heavy (non-hydrogen) atoms. The van der Waals surface area contributed by atoms with Gasteiger partial charge in [-0.15, -0.1) is 0 Å². The highest BCUT2D eigenvalue weighted by atomic mass is 19.1. The SMILES string of the molecule is CC.CC(CO)C(=O)OCC[N+](C)(C)CF. The lowest BCUT2D eigenvalue weighted by Gasteiger charge is -2.25. The fraction of sp³-hybridized carbons (Fsp3) is 0.909. The summed E-state index contributed by atoms with van der Waals surface area (Å²) in [6.45, 7) is 5.48. The summed E-state index contributed by atoms with van der Waals surface area (Å²) in [7, 11) is 3.42. The molecule has 0 heterocycles. The quantitative estimate of drug-likeness (QED) is 0.429. The maximum atomic E-state index is 12.3. The first kappa shape index (κ1) is 17.7. The minimum atomic E-state index is -0.504. The molecule has 0 fully saturated rings. The second-order valence-corrected chi connectivity index (χ2v) is 4.03. The Hall–Kier alpha value is -0.680. The number of aliphatic hydroxyl groups is 1. The Bertz CT molecular complexity index is 186. The van der Waals surface area contributed by atoms with Crippen molar-refractivity contribution < 1.29 is 23.5 Å². The predicted octanol–water partition coefficient (Wildman–Crippen LogP) is 1.19. The third-order valence-electron chi connectivity index (χ3n) is 1.94. The highest BCUT2D eigenvalue weighted by molar-refractivity contribution is 5.72. The van der Waals surface area contributed by atoms with Crippen molar-refractivity contribution in [3.05, 3.63) is 0 Å². The molecule has 0 saturated carbocycles. The zero-order valence-electron chi connectivity index (χ0n) is 11.0. The Morgan fingerprint density at radius 1 is 1.44 bits per heavy atom. The number of hydrogen-bond acceptors (Lipinski definition) is 3. The average molecular weight is 238 g/mol. The Balaban J connectivity index is 0. The molecule has 1 atom stereocenters. The minimum Gasteiger partial charge on any atom is -0.459 e. The molecule has 0 amide bonds. The number of ether oxygens (including phenoxy) is 1. The molecule has 0 spiro atoms. The van der Waals surface area contributed by atoms with E-state index in [1.807, 2.05) is 13.8 Å². The highest BCUT2D eigenvalue weighted by Gasteiger charge is 2.17. The number of likely N-dealkylation sites (N-methyl/N-ethyl adjacent to an activating group) is 1. The van der Waals surface area contributed by atoms with Gasteiger partial charge >= 0.3 is 5.97 Å². The summed E-state index contributed by atoms with van der Waals surface area (Å²) in [6.07, 6.45) is 0. The molecule has 0 radical (unpaired) electrons. The van der Waals surface area contributed by atoms with Gasteiger partial charge in [-0.3, -0.25) is 9.28 Å². The van der Waals surface area contributed by atoms with Crippen molar-refractivity contribution in [1.29, 1.82) is 0 Å². The van der Waals surface area contributed by atoms with Gasteiger partial charge in [-0.2, -0.15) is 4.39 Å². The van der Waals surface area contributed by atoms with Crippen molar-refractivity contribution in [3.8, 4) is 0 Å². The molecular weight excluding hydrogens is 213 g/mol. The summed E-state index contributed by atoms with van der Waals surface area (Å²) in [6, 6.07) is 0. The minimum absolute atomic E-state index is 0.167. The van der Waals surface area contributed by atoms with E-state index in [1.165, 1.54) is 0 Å². The number of halogens is 1. The lowest BCUT2D eigenvalue weighted by Crippen LogP contribution is -2.42. The second-order valence-electron chi connectivity index (χ2n) is 4.03. The van der Waals surface area contributed by atoms with Crippen molar-refractivity contribution >= 4 is 5.97 Å². The molecule has 0 aromatic rings. The monoisotopic (exact) mass is 238 g/mol. The fourth-order valence-electron chi connectivity index (χ4n) is 0.670. The lowest BCUT2D eigenvalue weighted by molar-refractivity contribution is -0.902. The summed E-state index contributed by atoms with van der Waals surface area (Å²) >= 11 is 0. The Labute approximate surface area is 97.6 Å². The third-order valence-corrected chi connectivity index (χ3v) is 1.94. The molecule has 0 aliphatic heterocycles. The van der Waals surface area contributed by atoms with Gasteiger partial charge in [-0.05, 0) is 6.92 Å². The summed E-state index contributed by atoms with van der Waals surface area (Å²) in [5.41, 5.74) is 0. The summed E-state index contributed by atoms with van der Waals surface area (Å²) < 4.78 is 17.3. The molecular formula is C11H25FNO3+. The van der Waals surface area contributed by atoms with E-state index in [1.54, 1.807) is 21.0 Å². The number of carbonyl (C=O) groups excluding carboxylic acids is 1. The first-order chi connectivity index (χ1) is 7.43. The van der Waals surface area contributed by atoms with E-state index < -0.39 is 18.7 Å². The smallest absolute Gasteiger partial charge is 0.311 e. The molecule has 0 aromatic heterocycles. The zero-order chi connectivity index (χ0) is 13.2. The van der Waals surface area contributed by atoms with Crippen LogP contribution in [-0.2, 0) is 9.53 Å². The van der Waals surface area contributed by atoms with Crippen LogP contribution in [-0.4, -0.2) is 56.2 Å². The van der Waals surface area contributed by atoms with Gasteiger partial charge in [0, 0.05) is 0 Å². The average Bonchev–Trinajstić information content (AvgIpc) is 2.30. The van der Waals surface area contributed by atoms with Crippen LogP contribution in [0.15, 0.2) is 0 Å². The fourth-order valence-corrected chi connectivity index (χ4v) is 0.670. The van der Waals surface area contributed by atoms with Gasteiger partial charge in [0.1, 0.15) is 13.2 Å². The van der Waals surface area contributed by atoms with Crippen molar-refractivity contribution in [2.75, 3.05) is 40.7 Å². The number of esters is 1. The van der Waals surface area contributed by atoms with Crippen molar-refractivity contribution in [2.45, 2.75) is 20.8 Å². The summed E-state index contributed by atoms with van der Waals surface area (Å²) in [5.74, 6) is -0.942. The van der Waals surface area contributed by atoms with E-state index in [-0.39, 0.29) is 17.7 Å². The van der Waals surface area contributed by atoms with Gasteiger partial charge in [0.15, 0.2) is 0 Å². The first-order valence-electron chi connectivity index (χ1n) is 5.58. The number of aliphatic hydroxyl groups excluding tert-OH is 1. The van der Waals surface area contributed by atoms with Crippen LogP contribution in [0, 0.1) is 5.92 Å². The van der Waals surface area contributed by atoms with E-state index in [0.29, 0.717) is 6.54 Å². The van der Waals surface area contributed by atoms with E-state index in [9.17, 15) is 9.18 Å². The number of carbonyl (C=O) groups is 1.